The Morgan fingerprint density at radius 2 is 1.90 bits per heavy atom. The quantitative estimate of drug-likeness (QED) is 0.746. The Balaban J connectivity index is 1.19. The van der Waals surface area contributed by atoms with E-state index in [1.54, 1.807) is 0 Å². The van der Waals surface area contributed by atoms with Crippen LogP contribution in [0.1, 0.15) is 51.0 Å². The zero-order valence-corrected chi connectivity index (χ0v) is 17.8. The smallest absolute Gasteiger partial charge is 0.249 e. The summed E-state index contributed by atoms with van der Waals surface area (Å²) in [5, 5.41) is 5.82. The molecule has 164 valence electrons. The van der Waals surface area contributed by atoms with E-state index in [-0.39, 0.29) is 29.6 Å². The van der Waals surface area contributed by atoms with E-state index in [0.717, 1.165) is 63.8 Å². The summed E-state index contributed by atoms with van der Waals surface area (Å²) in [5.41, 5.74) is 2.06. The maximum absolute atomic E-state index is 12.1. The summed E-state index contributed by atoms with van der Waals surface area (Å²) in [4.78, 5) is 25.7. The number of hydrogen-bond acceptors (Lipinski definition) is 5. The number of nitrogens with one attached hydrogen (secondary N) is 2. The third-order valence-electron chi connectivity index (χ3n) is 6.51. The van der Waals surface area contributed by atoms with Gasteiger partial charge in [-0.25, -0.2) is 0 Å². The molecule has 2 N–H and O–H groups in total. The molecule has 1 spiro atoms. The minimum atomic E-state index is -0.268. The van der Waals surface area contributed by atoms with Crippen LogP contribution >= 0.6 is 0 Å². The number of rotatable bonds is 6. The van der Waals surface area contributed by atoms with Crippen molar-refractivity contribution < 1.29 is 19.1 Å². The highest BCUT2D eigenvalue weighted by Crippen LogP contribution is 2.39. The van der Waals surface area contributed by atoms with E-state index >= 15 is 0 Å². The molecule has 3 aliphatic rings. The van der Waals surface area contributed by atoms with E-state index in [0.29, 0.717) is 13.2 Å². The average Bonchev–Trinajstić information content (AvgIpc) is 3.40. The van der Waals surface area contributed by atoms with Crippen LogP contribution < -0.4 is 10.6 Å². The lowest BCUT2D eigenvalue weighted by atomic mass is 9.88. The van der Waals surface area contributed by atoms with Gasteiger partial charge < -0.3 is 20.1 Å². The van der Waals surface area contributed by atoms with Crippen molar-refractivity contribution >= 4 is 17.5 Å². The van der Waals surface area contributed by atoms with Crippen molar-refractivity contribution in [2.45, 2.75) is 69.8 Å². The first kappa shape index (κ1) is 21.3. The van der Waals surface area contributed by atoms with Gasteiger partial charge in [-0.05, 0) is 56.2 Å². The number of hydrogen-bond donors (Lipinski definition) is 2. The third-order valence-corrected chi connectivity index (χ3v) is 6.51. The van der Waals surface area contributed by atoms with Gasteiger partial charge in [-0.3, -0.25) is 14.5 Å². The highest BCUT2D eigenvalue weighted by Gasteiger charge is 2.42. The molecule has 3 fully saturated rings. The van der Waals surface area contributed by atoms with E-state index in [9.17, 15) is 9.59 Å². The van der Waals surface area contributed by atoms with Gasteiger partial charge in [-0.1, -0.05) is 12.1 Å². The molecule has 0 aliphatic carbocycles. The summed E-state index contributed by atoms with van der Waals surface area (Å²) < 4.78 is 11.9. The van der Waals surface area contributed by atoms with Gasteiger partial charge >= 0.3 is 0 Å². The molecule has 7 heteroatoms. The van der Waals surface area contributed by atoms with Gasteiger partial charge in [-0.2, -0.15) is 0 Å². The van der Waals surface area contributed by atoms with Crippen molar-refractivity contribution in [2.75, 3.05) is 31.6 Å². The topological polar surface area (TPSA) is 79.9 Å². The minimum Gasteiger partial charge on any atom is -0.370 e. The summed E-state index contributed by atoms with van der Waals surface area (Å²) >= 11 is 0. The second-order valence-corrected chi connectivity index (χ2v) is 8.86. The van der Waals surface area contributed by atoms with E-state index < -0.39 is 0 Å². The summed E-state index contributed by atoms with van der Waals surface area (Å²) in [6, 6.07) is 8.07. The Morgan fingerprint density at radius 3 is 2.57 bits per heavy atom. The molecule has 0 radical (unpaired) electrons. The third kappa shape index (κ3) is 5.39. The number of benzene rings is 1. The Labute approximate surface area is 178 Å². The fourth-order valence-corrected chi connectivity index (χ4v) is 4.79. The minimum absolute atomic E-state index is 0.0105. The molecule has 0 saturated carbocycles. The predicted molar refractivity (Wildman–Crippen MR) is 114 cm³/mol. The summed E-state index contributed by atoms with van der Waals surface area (Å²) in [6.45, 7) is 5.75. The van der Waals surface area contributed by atoms with Gasteiger partial charge in [0.2, 0.25) is 11.8 Å². The van der Waals surface area contributed by atoms with Crippen LogP contribution in [0.25, 0.3) is 0 Å². The first-order valence-corrected chi connectivity index (χ1v) is 11.2. The van der Waals surface area contributed by atoms with Crippen molar-refractivity contribution in [1.29, 1.82) is 0 Å². The largest absolute Gasteiger partial charge is 0.370 e. The number of carbonyl (C=O) groups is 2. The second kappa shape index (κ2) is 9.45. The second-order valence-electron chi connectivity index (χ2n) is 8.86. The first-order chi connectivity index (χ1) is 14.5. The molecule has 1 aromatic rings. The maximum Gasteiger partial charge on any atom is 0.249 e. The summed E-state index contributed by atoms with van der Waals surface area (Å²) in [7, 11) is 0. The first-order valence-electron chi connectivity index (χ1n) is 11.2. The van der Waals surface area contributed by atoms with Crippen LogP contribution in [-0.4, -0.2) is 60.8 Å². The monoisotopic (exact) mass is 415 g/mol. The predicted octanol–water partition coefficient (Wildman–Crippen LogP) is 2.45. The van der Waals surface area contributed by atoms with Gasteiger partial charge in [0.1, 0.15) is 6.10 Å². The molecule has 4 rings (SSSR count). The van der Waals surface area contributed by atoms with Gasteiger partial charge in [0.05, 0.1) is 11.7 Å². The highest BCUT2D eigenvalue weighted by atomic mass is 16.5. The fourth-order valence-electron chi connectivity index (χ4n) is 4.79. The molecule has 3 aliphatic heterocycles. The normalized spacial score (nSPS) is 26.0. The van der Waals surface area contributed by atoms with Crippen molar-refractivity contribution in [3.8, 4) is 0 Å². The van der Waals surface area contributed by atoms with Crippen LogP contribution in [0.2, 0.25) is 0 Å². The van der Waals surface area contributed by atoms with Crippen molar-refractivity contribution in [2.24, 2.45) is 0 Å². The molecule has 3 heterocycles. The number of likely N-dealkylation sites (tertiary alicyclic amines) is 1. The lowest BCUT2D eigenvalue weighted by Gasteiger charge is -2.39. The molecule has 0 aromatic heterocycles. The van der Waals surface area contributed by atoms with Crippen molar-refractivity contribution in [3.05, 3.63) is 29.8 Å². The van der Waals surface area contributed by atoms with Crippen molar-refractivity contribution in [3.63, 3.8) is 0 Å². The van der Waals surface area contributed by atoms with Crippen LogP contribution in [0.4, 0.5) is 5.69 Å². The van der Waals surface area contributed by atoms with E-state index in [2.05, 4.69) is 27.7 Å². The zero-order valence-electron chi connectivity index (χ0n) is 17.8. The molecular formula is C23H33N3O4. The van der Waals surface area contributed by atoms with Gasteiger partial charge in [-0.15, -0.1) is 0 Å². The van der Waals surface area contributed by atoms with E-state index in [1.807, 2.05) is 12.1 Å². The molecule has 7 nitrogen and oxygen atoms in total. The number of anilines is 1. The Kier molecular flexibility index (Phi) is 6.71. The molecule has 1 aromatic carbocycles. The average molecular weight is 416 g/mol. The van der Waals surface area contributed by atoms with E-state index in [1.165, 1.54) is 12.5 Å². The molecular weight excluding hydrogens is 382 g/mol. The van der Waals surface area contributed by atoms with E-state index in [4.69, 9.17) is 9.47 Å². The Bertz CT molecular complexity index is 737. The van der Waals surface area contributed by atoms with Crippen LogP contribution in [0, 0.1) is 0 Å². The number of carbonyl (C=O) groups excluding carboxylic acids is 2. The van der Waals surface area contributed by atoms with Gasteiger partial charge in [0.25, 0.3) is 0 Å². The lowest BCUT2D eigenvalue weighted by Crippen LogP contribution is -2.45. The van der Waals surface area contributed by atoms with Crippen LogP contribution in [0.15, 0.2) is 24.3 Å². The fraction of sp³-hybridized carbons (Fsp3) is 0.652. The number of amides is 2. The Hall–Kier alpha value is -1.96. The number of piperidine rings is 1. The standard InChI is InChI=1S/C23H33N3O4/c1-17(27)25-19-6-4-18(5-7-19)16-26-12-10-23(11-13-26)9-8-20(30-23)15-24-22(28)21-3-2-14-29-21/h4-7,20-21H,2-3,8-16H2,1H3,(H,24,28)(H,25,27). The lowest BCUT2D eigenvalue weighted by molar-refractivity contribution is -0.131. The molecule has 30 heavy (non-hydrogen) atoms. The molecule has 2 amide bonds. The van der Waals surface area contributed by atoms with Crippen LogP contribution in [0.5, 0.6) is 0 Å². The number of nitrogens with zero attached hydrogens (tertiary/aromatic N) is 1. The van der Waals surface area contributed by atoms with Crippen molar-refractivity contribution in [1.82, 2.24) is 10.2 Å². The van der Waals surface area contributed by atoms with Gasteiger partial charge in [0, 0.05) is 45.4 Å². The molecule has 3 saturated heterocycles. The number of ether oxygens (including phenoxy) is 2. The Morgan fingerprint density at radius 1 is 1.13 bits per heavy atom. The maximum atomic E-state index is 12.1. The molecule has 2 atom stereocenters. The zero-order chi connectivity index (χ0) is 21.0. The molecule has 0 bridgehead atoms. The molecule has 2 unspecified atom stereocenters. The van der Waals surface area contributed by atoms with Crippen LogP contribution in [0.3, 0.4) is 0 Å². The SMILES string of the molecule is CC(=O)Nc1ccc(CN2CCC3(CCC(CNC(=O)C4CCCO4)O3)CC2)cc1. The summed E-state index contributed by atoms with van der Waals surface area (Å²) in [6.07, 6.45) is 5.80. The van der Waals surface area contributed by atoms with Gasteiger partial charge in [0.15, 0.2) is 0 Å². The highest BCUT2D eigenvalue weighted by molar-refractivity contribution is 5.88. The van der Waals surface area contributed by atoms with Crippen LogP contribution in [-0.2, 0) is 25.6 Å². The summed E-state index contributed by atoms with van der Waals surface area (Å²) in [5.74, 6) is -0.0400.